The first-order chi connectivity index (χ1) is 13.5. The average molecular weight is 399 g/mol. The highest BCUT2D eigenvalue weighted by Crippen LogP contribution is 2.26. The topological polar surface area (TPSA) is 116 Å². The Morgan fingerprint density at radius 2 is 1.86 bits per heavy atom. The lowest BCUT2D eigenvalue weighted by molar-refractivity contribution is 0.311. The maximum absolute atomic E-state index is 11.7. The number of rotatable bonds is 6. The van der Waals surface area contributed by atoms with Gasteiger partial charge < -0.3 is 5.32 Å². The Kier molecular flexibility index (Phi) is 5.03. The van der Waals surface area contributed by atoms with Crippen molar-refractivity contribution in [2.45, 2.75) is 43.8 Å². The molecule has 0 spiro atoms. The van der Waals surface area contributed by atoms with Crippen molar-refractivity contribution in [1.82, 2.24) is 29.7 Å². The van der Waals surface area contributed by atoms with Crippen molar-refractivity contribution in [3.05, 3.63) is 36.8 Å². The van der Waals surface area contributed by atoms with Crippen LogP contribution in [0, 0.1) is 5.92 Å². The third-order valence-electron chi connectivity index (χ3n) is 4.89. The van der Waals surface area contributed by atoms with Gasteiger partial charge in [-0.25, -0.2) is 28.1 Å². The number of hydrogen-bond donors (Lipinski definition) is 1. The molecule has 0 amide bonds. The number of sulfone groups is 1. The van der Waals surface area contributed by atoms with Gasteiger partial charge in [0.15, 0.2) is 5.65 Å². The van der Waals surface area contributed by atoms with E-state index in [1.807, 2.05) is 4.68 Å². The molecule has 1 N–H and O–H groups in total. The van der Waals surface area contributed by atoms with Gasteiger partial charge in [0.1, 0.15) is 0 Å². The zero-order valence-corrected chi connectivity index (χ0v) is 16.1. The van der Waals surface area contributed by atoms with Crippen LogP contribution in [0.3, 0.4) is 0 Å². The first-order valence-corrected chi connectivity index (χ1v) is 10.7. The molecule has 10 heteroatoms. The Bertz CT molecular complexity index is 1090. The van der Waals surface area contributed by atoms with Crippen molar-refractivity contribution in [3.8, 4) is 0 Å². The molecule has 3 aromatic rings. The zero-order chi connectivity index (χ0) is 19.6. The van der Waals surface area contributed by atoms with Gasteiger partial charge in [0, 0.05) is 18.1 Å². The quantitative estimate of drug-likeness (QED) is 0.629. The van der Waals surface area contributed by atoms with Crippen molar-refractivity contribution in [2.24, 2.45) is 5.92 Å². The molecule has 1 fully saturated rings. The fourth-order valence-corrected chi connectivity index (χ4v) is 3.95. The van der Waals surface area contributed by atoms with E-state index in [9.17, 15) is 8.42 Å². The Morgan fingerprint density at radius 1 is 1.11 bits per heavy atom. The van der Waals surface area contributed by atoms with Crippen LogP contribution in [0.2, 0.25) is 0 Å². The summed E-state index contributed by atoms with van der Waals surface area (Å²) in [5, 5.41) is 8.88. The maximum Gasteiger partial charge on any atom is 0.251 e. The molecule has 0 atom stereocenters. The fourth-order valence-electron chi connectivity index (χ4n) is 3.41. The molecule has 0 aromatic carbocycles. The Labute approximate surface area is 162 Å². The van der Waals surface area contributed by atoms with E-state index in [1.54, 1.807) is 12.4 Å². The molecular formula is C18H21N7O2S. The predicted octanol–water partition coefficient (Wildman–Crippen LogP) is 2.86. The van der Waals surface area contributed by atoms with Crippen LogP contribution in [-0.2, 0) is 16.4 Å². The van der Waals surface area contributed by atoms with Gasteiger partial charge in [-0.15, -0.1) is 0 Å². The number of hydrogen-bond acceptors (Lipinski definition) is 8. The van der Waals surface area contributed by atoms with E-state index in [1.165, 1.54) is 44.5 Å². The molecule has 1 aliphatic carbocycles. The van der Waals surface area contributed by atoms with Gasteiger partial charge in [-0.05, 0) is 18.8 Å². The van der Waals surface area contributed by atoms with Gasteiger partial charge in [0.25, 0.3) is 5.16 Å². The molecule has 4 rings (SSSR count). The van der Waals surface area contributed by atoms with Crippen molar-refractivity contribution < 1.29 is 8.42 Å². The fraction of sp³-hybridized carbons (Fsp3) is 0.389. The molecule has 0 bridgehead atoms. The van der Waals surface area contributed by atoms with E-state index >= 15 is 0 Å². The van der Waals surface area contributed by atoms with Gasteiger partial charge in [0.05, 0.1) is 29.7 Å². The Morgan fingerprint density at radius 3 is 2.57 bits per heavy atom. The monoisotopic (exact) mass is 399 g/mol. The first-order valence-electron chi connectivity index (χ1n) is 9.20. The summed E-state index contributed by atoms with van der Waals surface area (Å²) >= 11 is 0. The lowest BCUT2D eigenvalue weighted by atomic mass is 9.89. The van der Waals surface area contributed by atoms with E-state index in [0.29, 0.717) is 17.6 Å². The largest absolute Gasteiger partial charge is 0.321 e. The summed E-state index contributed by atoms with van der Waals surface area (Å²) in [5.74, 6) is 1.01. The molecule has 0 unspecified atom stereocenters. The van der Waals surface area contributed by atoms with Crippen LogP contribution in [0.5, 0.6) is 0 Å². The van der Waals surface area contributed by atoms with E-state index < -0.39 is 9.84 Å². The van der Waals surface area contributed by atoms with Gasteiger partial charge in [-0.1, -0.05) is 25.8 Å². The second-order valence-corrected chi connectivity index (χ2v) is 8.68. The van der Waals surface area contributed by atoms with Crippen molar-refractivity contribution >= 4 is 32.5 Å². The first kappa shape index (κ1) is 18.5. The van der Waals surface area contributed by atoms with Crippen LogP contribution in [0.1, 0.15) is 32.1 Å². The standard InChI is InChI=1S/C18H21N7O2S/c1-2-28(26,27)18-20-10-15(11-21-18)23-17-19-8-14-9-22-25(16(14)24-17)12-13-6-4-3-5-7-13/h2,8-11,13H,1,3-7,12H2,(H,19,23,24). The minimum absolute atomic E-state index is 0.296. The number of fused-ring (bicyclic) bond motifs is 1. The van der Waals surface area contributed by atoms with E-state index in [0.717, 1.165) is 23.0 Å². The maximum atomic E-state index is 11.7. The average Bonchev–Trinajstić information content (AvgIpc) is 3.11. The second-order valence-electron chi connectivity index (χ2n) is 6.89. The molecule has 3 heterocycles. The van der Waals surface area contributed by atoms with E-state index in [4.69, 9.17) is 0 Å². The summed E-state index contributed by atoms with van der Waals surface area (Å²) in [6, 6.07) is 0. The summed E-state index contributed by atoms with van der Waals surface area (Å²) in [6.07, 6.45) is 12.6. The summed E-state index contributed by atoms with van der Waals surface area (Å²) in [4.78, 5) is 16.6. The van der Waals surface area contributed by atoms with Gasteiger partial charge in [0.2, 0.25) is 15.8 Å². The van der Waals surface area contributed by atoms with Crippen molar-refractivity contribution in [3.63, 3.8) is 0 Å². The normalized spacial score (nSPS) is 15.6. The molecule has 1 saturated carbocycles. The SMILES string of the molecule is C=CS(=O)(=O)c1ncc(Nc2ncc3cnn(CC4CCCCC4)c3n2)cn1. The van der Waals surface area contributed by atoms with Crippen LogP contribution in [0.25, 0.3) is 11.0 Å². The van der Waals surface area contributed by atoms with Crippen LogP contribution < -0.4 is 5.32 Å². The summed E-state index contributed by atoms with van der Waals surface area (Å²) in [6.45, 7) is 4.12. The molecule has 0 aliphatic heterocycles. The van der Waals surface area contributed by atoms with Crippen LogP contribution in [-0.4, -0.2) is 38.1 Å². The van der Waals surface area contributed by atoms with Gasteiger partial charge >= 0.3 is 0 Å². The van der Waals surface area contributed by atoms with E-state index in [-0.39, 0.29) is 5.16 Å². The molecule has 146 valence electrons. The second kappa shape index (κ2) is 7.63. The minimum atomic E-state index is -3.66. The predicted molar refractivity (Wildman–Crippen MR) is 105 cm³/mol. The number of nitrogens with zero attached hydrogens (tertiary/aromatic N) is 6. The highest BCUT2D eigenvalue weighted by atomic mass is 32.2. The highest BCUT2D eigenvalue weighted by molar-refractivity contribution is 7.94. The third-order valence-corrected chi connectivity index (χ3v) is 6.05. The third kappa shape index (κ3) is 3.86. The summed E-state index contributed by atoms with van der Waals surface area (Å²) < 4.78 is 25.3. The van der Waals surface area contributed by atoms with Crippen LogP contribution in [0.4, 0.5) is 11.6 Å². The van der Waals surface area contributed by atoms with Crippen LogP contribution in [0.15, 0.2) is 41.9 Å². The summed E-state index contributed by atoms with van der Waals surface area (Å²) in [5.41, 5.74) is 1.26. The lowest BCUT2D eigenvalue weighted by Crippen LogP contribution is -2.15. The number of aromatic nitrogens is 6. The lowest BCUT2D eigenvalue weighted by Gasteiger charge is -2.21. The number of nitrogens with one attached hydrogen (secondary N) is 1. The highest BCUT2D eigenvalue weighted by Gasteiger charge is 2.17. The molecule has 0 radical (unpaired) electrons. The molecule has 1 aliphatic rings. The molecular weight excluding hydrogens is 378 g/mol. The van der Waals surface area contributed by atoms with Gasteiger partial charge in [-0.2, -0.15) is 10.1 Å². The minimum Gasteiger partial charge on any atom is -0.321 e. The molecule has 9 nitrogen and oxygen atoms in total. The Hall–Kier alpha value is -2.88. The molecule has 0 saturated heterocycles. The molecule has 3 aromatic heterocycles. The molecule has 28 heavy (non-hydrogen) atoms. The zero-order valence-electron chi connectivity index (χ0n) is 15.3. The summed E-state index contributed by atoms with van der Waals surface area (Å²) in [7, 11) is -3.66. The van der Waals surface area contributed by atoms with E-state index in [2.05, 4.69) is 36.9 Å². The number of anilines is 2. The van der Waals surface area contributed by atoms with Crippen molar-refractivity contribution in [2.75, 3.05) is 5.32 Å². The smallest absolute Gasteiger partial charge is 0.251 e. The van der Waals surface area contributed by atoms with Crippen LogP contribution >= 0.6 is 0 Å². The van der Waals surface area contributed by atoms with Gasteiger partial charge in [-0.3, -0.25) is 0 Å². The van der Waals surface area contributed by atoms with Crippen molar-refractivity contribution in [1.29, 1.82) is 0 Å². The Balaban J connectivity index is 1.54.